The van der Waals surface area contributed by atoms with Gasteiger partial charge in [0, 0.05) is 23.7 Å². The number of fused-ring (bicyclic) bond motifs is 4. The molecule has 0 radical (unpaired) electrons. The lowest BCUT2D eigenvalue weighted by Gasteiger charge is -2.41. The molecule has 2 aliphatic heterocycles. The van der Waals surface area contributed by atoms with E-state index in [4.69, 9.17) is 4.74 Å². The number of para-hydroxylation sites is 1. The third kappa shape index (κ3) is 2.81. The molecule has 0 saturated carbocycles. The largest absolute Gasteiger partial charge is 0.469 e. The van der Waals surface area contributed by atoms with Gasteiger partial charge in [-0.05, 0) is 24.5 Å². The van der Waals surface area contributed by atoms with E-state index in [1.807, 2.05) is 0 Å². The van der Waals surface area contributed by atoms with Crippen molar-refractivity contribution in [1.29, 1.82) is 0 Å². The van der Waals surface area contributed by atoms with Gasteiger partial charge in [-0.25, -0.2) is 4.58 Å². The number of ether oxygens (including phenoxy) is 1. The third-order valence-corrected chi connectivity index (χ3v) is 6.88. The van der Waals surface area contributed by atoms with Gasteiger partial charge in [-0.1, -0.05) is 44.9 Å². The van der Waals surface area contributed by atoms with Crippen LogP contribution in [0.2, 0.25) is 0 Å². The van der Waals surface area contributed by atoms with Gasteiger partial charge in [0.05, 0.1) is 18.4 Å². The molecule has 2 atom stereocenters. The quantitative estimate of drug-likeness (QED) is 0.632. The molecule has 0 spiro atoms. The summed E-state index contributed by atoms with van der Waals surface area (Å²) in [5, 5.41) is 1.33. The number of hydrogen-bond acceptors (Lipinski definition) is 2. The maximum Gasteiger partial charge on any atom is 0.309 e. The van der Waals surface area contributed by atoms with Crippen LogP contribution in [-0.2, 0) is 16.0 Å². The molecule has 4 nitrogen and oxygen atoms in total. The summed E-state index contributed by atoms with van der Waals surface area (Å²) in [6, 6.07) is 8.60. The standard InChI is InChI=1S/C23H30N2O2/c1-4-5-12-23(16(2)22(26)27-3)13-8-14-25-15-11-18-17-9-6-7-10-19(17)24-20(18)21(23)25/h6-7,9-10,16H,4-5,8,11-15H2,1-3H3/p+1. The number of nitrogens with zero attached hydrogens (tertiary/aromatic N) is 1. The van der Waals surface area contributed by atoms with Gasteiger partial charge in [-0.15, -0.1) is 0 Å². The number of methoxy groups -OCH3 is 1. The van der Waals surface area contributed by atoms with E-state index in [0.717, 1.165) is 51.6 Å². The van der Waals surface area contributed by atoms with Crippen molar-refractivity contribution in [3.8, 4) is 0 Å². The zero-order valence-corrected chi connectivity index (χ0v) is 16.8. The number of carbonyl (C=O) groups is 1. The molecule has 27 heavy (non-hydrogen) atoms. The summed E-state index contributed by atoms with van der Waals surface area (Å²) in [6.45, 7) is 6.45. The molecule has 4 heteroatoms. The smallest absolute Gasteiger partial charge is 0.309 e. The van der Waals surface area contributed by atoms with Crippen LogP contribution in [0.3, 0.4) is 0 Å². The second-order valence-corrected chi connectivity index (χ2v) is 8.22. The van der Waals surface area contributed by atoms with Crippen molar-refractivity contribution in [2.24, 2.45) is 11.3 Å². The molecule has 2 unspecified atom stereocenters. The Labute approximate surface area is 161 Å². The van der Waals surface area contributed by atoms with Crippen molar-refractivity contribution in [3.05, 3.63) is 35.5 Å². The predicted octanol–water partition coefficient (Wildman–Crippen LogP) is 4.31. The number of nitrogens with one attached hydrogen (secondary N) is 1. The number of esters is 1. The van der Waals surface area contributed by atoms with Crippen molar-refractivity contribution < 1.29 is 14.1 Å². The van der Waals surface area contributed by atoms with Gasteiger partial charge in [0.15, 0.2) is 0 Å². The van der Waals surface area contributed by atoms with Crippen LogP contribution in [0.15, 0.2) is 24.3 Å². The highest BCUT2D eigenvalue weighted by atomic mass is 16.5. The Balaban J connectivity index is 1.92. The summed E-state index contributed by atoms with van der Waals surface area (Å²) in [6.07, 6.45) is 6.59. The van der Waals surface area contributed by atoms with Crippen LogP contribution in [-0.4, -0.2) is 41.4 Å². The van der Waals surface area contributed by atoms with E-state index in [0.29, 0.717) is 0 Å². The zero-order valence-electron chi connectivity index (χ0n) is 16.8. The van der Waals surface area contributed by atoms with Crippen LogP contribution in [0.4, 0.5) is 0 Å². The first-order chi connectivity index (χ1) is 13.1. The molecule has 0 aliphatic carbocycles. The summed E-state index contributed by atoms with van der Waals surface area (Å²) in [5.74, 6) is -0.215. The molecule has 4 rings (SSSR count). The van der Waals surface area contributed by atoms with E-state index in [9.17, 15) is 4.79 Å². The summed E-state index contributed by atoms with van der Waals surface area (Å²) < 4.78 is 7.77. The van der Waals surface area contributed by atoms with Crippen molar-refractivity contribution in [2.75, 3.05) is 20.2 Å². The van der Waals surface area contributed by atoms with Gasteiger partial charge in [-0.2, -0.15) is 0 Å². The van der Waals surface area contributed by atoms with Gasteiger partial charge in [0.1, 0.15) is 18.8 Å². The van der Waals surface area contributed by atoms with Crippen LogP contribution in [0.1, 0.15) is 57.2 Å². The van der Waals surface area contributed by atoms with E-state index in [2.05, 4.69) is 47.7 Å². The highest BCUT2D eigenvalue weighted by Crippen LogP contribution is 2.46. The molecule has 1 aromatic heterocycles. The minimum absolute atomic E-state index is 0.0799. The molecule has 0 bridgehead atoms. The molecule has 1 aromatic carbocycles. The Bertz CT molecular complexity index is 895. The Morgan fingerprint density at radius 2 is 2.15 bits per heavy atom. The fourth-order valence-electron chi connectivity index (χ4n) is 5.45. The van der Waals surface area contributed by atoms with Crippen LogP contribution in [0.25, 0.3) is 10.9 Å². The first-order valence-electron chi connectivity index (χ1n) is 10.4. The third-order valence-electron chi connectivity index (χ3n) is 6.88. The van der Waals surface area contributed by atoms with Crippen molar-refractivity contribution in [2.45, 2.75) is 52.4 Å². The number of H-pyrrole nitrogens is 1. The van der Waals surface area contributed by atoms with E-state index < -0.39 is 0 Å². The Kier molecular flexibility index (Phi) is 4.83. The molecule has 3 heterocycles. The number of unbranched alkanes of at least 4 members (excludes halogenated alkanes) is 1. The maximum atomic E-state index is 12.7. The molecular weight excluding hydrogens is 336 g/mol. The molecule has 1 N–H and O–H groups in total. The van der Waals surface area contributed by atoms with Crippen molar-refractivity contribution >= 4 is 22.6 Å². The van der Waals surface area contributed by atoms with Crippen LogP contribution >= 0.6 is 0 Å². The summed E-state index contributed by atoms with van der Waals surface area (Å²) in [4.78, 5) is 16.4. The second-order valence-electron chi connectivity index (χ2n) is 8.22. The van der Waals surface area contributed by atoms with E-state index in [-0.39, 0.29) is 17.3 Å². The van der Waals surface area contributed by atoms with Crippen LogP contribution in [0, 0.1) is 11.3 Å². The van der Waals surface area contributed by atoms with E-state index >= 15 is 0 Å². The highest BCUT2D eigenvalue weighted by Gasteiger charge is 2.53. The first kappa shape index (κ1) is 18.3. The van der Waals surface area contributed by atoms with Crippen LogP contribution in [0.5, 0.6) is 0 Å². The molecule has 0 saturated heterocycles. The maximum absolute atomic E-state index is 12.7. The zero-order chi connectivity index (χ0) is 19.0. The number of benzene rings is 1. The number of hydrogen-bond donors (Lipinski definition) is 1. The van der Waals surface area contributed by atoms with Gasteiger partial charge in [0.2, 0.25) is 5.71 Å². The summed E-state index contributed by atoms with van der Waals surface area (Å²) >= 11 is 0. The minimum Gasteiger partial charge on any atom is -0.469 e. The van der Waals surface area contributed by atoms with Crippen LogP contribution < -0.4 is 0 Å². The average Bonchev–Trinajstić information content (AvgIpc) is 3.09. The molecule has 0 amide bonds. The predicted molar refractivity (Wildman–Crippen MR) is 108 cm³/mol. The number of aromatic nitrogens is 1. The van der Waals surface area contributed by atoms with Gasteiger partial charge >= 0.3 is 5.97 Å². The van der Waals surface area contributed by atoms with Crippen molar-refractivity contribution in [1.82, 2.24) is 4.98 Å². The lowest BCUT2D eigenvalue weighted by atomic mass is 9.63. The highest BCUT2D eigenvalue weighted by molar-refractivity contribution is 6.08. The Hall–Kier alpha value is -2.10. The fourth-order valence-corrected chi connectivity index (χ4v) is 5.45. The Morgan fingerprint density at radius 1 is 1.33 bits per heavy atom. The van der Waals surface area contributed by atoms with Gasteiger partial charge in [0.25, 0.3) is 0 Å². The average molecular weight is 368 g/mol. The molecular formula is C23H31N2O2+. The normalized spacial score (nSPS) is 23.1. The molecule has 2 aromatic rings. The monoisotopic (exact) mass is 367 g/mol. The Morgan fingerprint density at radius 3 is 2.93 bits per heavy atom. The molecule has 2 aliphatic rings. The number of aromatic amines is 1. The van der Waals surface area contributed by atoms with E-state index in [1.54, 1.807) is 0 Å². The number of carbonyl (C=O) groups excluding carboxylic acids is 1. The lowest BCUT2D eigenvalue weighted by Crippen LogP contribution is -2.51. The van der Waals surface area contributed by atoms with Crippen molar-refractivity contribution in [3.63, 3.8) is 0 Å². The van der Waals surface area contributed by atoms with Gasteiger partial charge in [-0.3, -0.25) is 4.79 Å². The topological polar surface area (TPSA) is 45.1 Å². The van der Waals surface area contributed by atoms with E-state index in [1.165, 1.54) is 35.0 Å². The lowest BCUT2D eigenvalue weighted by molar-refractivity contribution is -0.539. The fraction of sp³-hybridized carbons (Fsp3) is 0.565. The SMILES string of the molecule is CCCCC1(C(C)C(=O)OC)CCC[N+]2=C1c1[nH]c3ccccc3c1CC2. The van der Waals surface area contributed by atoms with Gasteiger partial charge < -0.3 is 9.72 Å². The molecule has 144 valence electrons. The minimum atomic E-state index is -0.141. The number of rotatable bonds is 5. The summed E-state index contributed by atoms with van der Waals surface area (Å²) in [5.41, 5.74) is 5.14. The first-order valence-corrected chi connectivity index (χ1v) is 10.4. The second kappa shape index (κ2) is 7.14. The molecule has 0 fully saturated rings. The summed E-state index contributed by atoms with van der Waals surface area (Å²) in [7, 11) is 1.52.